The third-order valence-electron chi connectivity index (χ3n) is 4.28. The summed E-state index contributed by atoms with van der Waals surface area (Å²) < 4.78 is 15.8. The van der Waals surface area contributed by atoms with Gasteiger partial charge in [0.25, 0.3) is 5.91 Å². The fraction of sp³-hybridized carbons (Fsp3) is 0.0870. The second-order valence-electron chi connectivity index (χ2n) is 6.36. The van der Waals surface area contributed by atoms with Crippen LogP contribution in [0.1, 0.15) is 26.3 Å². The zero-order valence-electron chi connectivity index (χ0n) is 17.1. The molecule has 0 bridgehead atoms. The van der Waals surface area contributed by atoms with Gasteiger partial charge in [0.2, 0.25) is 0 Å². The lowest BCUT2D eigenvalue weighted by Gasteiger charge is -2.10. The van der Waals surface area contributed by atoms with Crippen LogP contribution >= 0.6 is 23.2 Å². The fourth-order valence-corrected chi connectivity index (χ4v) is 2.90. The molecule has 3 rings (SSSR count). The Balaban J connectivity index is 1.66. The van der Waals surface area contributed by atoms with E-state index in [9.17, 15) is 9.59 Å². The first-order chi connectivity index (χ1) is 15.4. The number of nitrogens with one attached hydrogen (secondary N) is 1. The molecule has 1 amide bonds. The van der Waals surface area contributed by atoms with E-state index in [0.717, 1.165) is 0 Å². The maximum Gasteiger partial charge on any atom is 0.343 e. The number of hydrazone groups is 1. The van der Waals surface area contributed by atoms with Crippen molar-refractivity contribution in [1.29, 1.82) is 0 Å². The standard InChI is InChI=1S/C23H18Cl2N2O5/c1-30-17-7-4-15(5-8-17)22(28)27-26-13-14-3-10-20(21(11-14)31-2)32-23(29)16-6-9-18(24)19(25)12-16/h3-13H,1-2H3,(H,27,28)/b26-13-. The lowest BCUT2D eigenvalue weighted by Crippen LogP contribution is -2.17. The van der Waals surface area contributed by atoms with Gasteiger partial charge in [-0.1, -0.05) is 23.2 Å². The van der Waals surface area contributed by atoms with E-state index in [2.05, 4.69) is 10.5 Å². The number of hydrogen-bond donors (Lipinski definition) is 1. The highest BCUT2D eigenvalue weighted by molar-refractivity contribution is 6.42. The van der Waals surface area contributed by atoms with Crippen LogP contribution in [-0.2, 0) is 0 Å². The van der Waals surface area contributed by atoms with Crippen molar-refractivity contribution >= 4 is 41.3 Å². The second kappa shape index (κ2) is 10.7. The maximum atomic E-state index is 12.4. The summed E-state index contributed by atoms with van der Waals surface area (Å²) in [6.45, 7) is 0. The minimum Gasteiger partial charge on any atom is -0.497 e. The maximum absolute atomic E-state index is 12.4. The van der Waals surface area contributed by atoms with Crippen LogP contribution in [0.25, 0.3) is 0 Å². The van der Waals surface area contributed by atoms with Gasteiger partial charge < -0.3 is 14.2 Å². The molecule has 0 aliphatic rings. The monoisotopic (exact) mass is 472 g/mol. The average molecular weight is 473 g/mol. The van der Waals surface area contributed by atoms with Gasteiger partial charge in [-0.2, -0.15) is 5.10 Å². The lowest BCUT2D eigenvalue weighted by molar-refractivity contribution is 0.0729. The molecule has 3 aromatic rings. The number of benzene rings is 3. The molecule has 0 saturated heterocycles. The van der Waals surface area contributed by atoms with Crippen molar-refractivity contribution in [3.8, 4) is 17.2 Å². The van der Waals surface area contributed by atoms with Crippen LogP contribution in [0.5, 0.6) is 17.2 Å². The number of carbonyl (C=O) groups is 2. The molecule has 0 atom stereocenters. The van der Waals surface area contributed by atoms with E-state index in [4.69, 9.17) is 37.4 Å². The topological polar surface area (TPSA) is 86.2 Å². The number of ether oxygens (including phenoxy) is 3. The molecule has 0 spiro atoms. The summed E-state index contributed by atoms with van der Waals surface area (Å²) in [7, 11) is 2.99. The van der Waals surface area contributed by atoms with Crippen LogP contribution < -0.4 is 19.6 Å². The first-order valence-corrected chi connectivity index (χ1v) is 9.99. The number of hydrogen-bond acceptors (Lipinski definition) is 6. The predicted molar refractivity (Wildman–Crippen MR) is 122 cm³/mol. The summed E-state index contributed by atoms with van der Waals surface area (Å²) in [4.78, 5) is 24.5. The average Bonchev–Trinajstić information content (AvgIpc) is 2.81. The number of methoxy groups -OCH3 is 2. The smallest absolute Gasteiger partial charge is 0.343 e. The van der Waals surface area contributed by atoms with Gasteiger partial charge in [-0.15, -0.1) is 0 Å². The molecule has 3 aromatic carbocycles. The third-order valence-corrected chi connectivity index (χ3v) is 5.02. The van der Waals surface area contributed by atoms with Gasteiger partial charge in [0.15, 0.2) is 11.5 Å². The number of halogens is 2. The molecule has 0 heterocycles. The molecule has 32 heavy (non-hydrogen) atoms. The molecular formula is C23H18Cl2N2O5. The highest BCUT2D eigenvalue weighted by atomic mass is 35.5. The van der Waals surface area contributed by atoms with Crippen LogP contribution in [0.3, 0.4) is 0 Å². The van der Waals surface area contributed by atoms with E-state index in [1.54, 1.807) is 49.6 Å². The van der Waals surface area contributed by atoms with Crippen molar-refractivity contribution in [2.75, 3.05) is 14.2 Å². The lowest BCUT2D eigenvalue weighted by atomic mass is 10.2. The molecule has 0 aliphatic carbocycles. The van der Waals surface area contributed by atoms with Crippen LogP contribution in [0.4, 0.5) is 0 Å². The minimum atomic E-state index is -0.616. The summed E-state index contributed by atoms with van der Waals surface area (Å²) in [6.07, 6.45) is 1.44. The van der Waals surface area contributed by atoms with Gasteiger partial charge in [-0.25, -0.2) is 10.2 Å². The molecule has 1 N–H and O–H groups in total. The molecule has 0 unspecified atom stereocenters. The molecule has 0 aliphatic heterocycles. The Bertz CT molecular complexity index is 1160. The van der Waals surface area contributed by atoms with Gasteiger partial charge in [0.1, 0.15) is 5.75 Å². The second-order valence-corrected chi connectivity index (χ2v) is 7.17. The molecule has 9 heteroatoms. The summed E-state index contributed by atoms with van der Waals surface area (Å²) >= 11 is 11.8. The van der Waals surface area contributed by atoms with Gasteiger partial charge in [0.05, 0.1) is 36.0 Å². The summed E-state index contributed by atoms with van der Waals surface area (Å²) in [5.41, 5.74) is 3.74. The van der Waals surface area contributed by atoms with Gasteiger partial charge >= 0.3 is 5.97 Å². The minimum absolute atomic E-state index is 0.211. The van der Waals surface area contributed by atoms with E-state index in [1.807, 2.05) is 0 Å². The predicted octanol–water partition coefficient (Wildman–Crippen LogP) is 4.99. The van der Waals surface area contributed by atoms with E-state index < -0.39 is 5.97 Å². The molecule has 0 saturated carbocycles. The number of nitrogens with zero attached hydrogens (tertiary/aromatic N) is 1. The van der Waals surface area contributed by atoms with Crippen molar-refractivity contribution in [3.05, 3.63) is 87.4 Å². The zero-order chi connectivity index (χ0) is 23.1. The number of esters is 1. The highest BCUT2D eigenvalue weighted by Gasteiger charge is 2.14. The number of amides is 1. The van der Waals surface area contributed by atoms with E-state index in [0.29, 0.717) is 27.6 Å². The first kappa shape index (κ1) is 23.1. The Hall–Kier alpha value is -3.55. The van der Waals surface area contributed by atoms with E-state index in [-0.39, 0.29) is 22.2 Å². The molecule has 0 radical (unpaired) electrons. The molecule has 7 nitrogen and oxygen atoms in total. The quantitative estimate of drug-likeness (QED) is 0.226. The van der Waals surface area contributed by atoms with Crippen molar-refractivity contribution in [2.45, 2.75) is 0 Å². The Morgan fingerprint density at radius 1 is 0.844 bits per heavy atom. The number of rotatable bonds is 7. The van der Waals surface area contributed by atoms with Crippen LogP contribution in [0.15, 0.2) is 65.8 Å². The third kappa shape index (κ3) is 5.78. The van der Waals surface area contributed by atoms with Crippen molar-refractivity contribution in [1.82, 2.24) is 5.43 Å². The van der Waals surface area contributed by atoms with Crippen LogP contribution in [0.2, 0.25) is 10.0 Å². The fourth-order valence-electron chi connectivity index (χ4n) is 2.60. The zero-order valence-corrected chi connectivity index (χ0v) is 18.6. The van der Waals surface area contributed by atoms with Crippen molar-refractivity contribution < 1.29 is 23.8 Å². The Kier molecular flexibility index (Phi) is 7.70. The van der Waals surface area contributed by atoms with Crippen LogP contribution in [-0.4, -0.2) is 32.3 Å². The van der Waals surface area contributed by atoms with Gasteiger partial charge in [0, 0.05) is 5.56 Å². The molecule has 0 aromatic heterocycles. The summed E-state index contributed by atoms with van der Waals surface area (Å²) in [5.74, 6) is 0.182. The van der Waals surface area contributed by atoms with Crippen molar-refractivity contribution in [2.24, 2.45) is 5.10 Å². The van der Waals surface area contributed by atoms with Crippen LogP contribution in [0, 0.1) is 0 Å². The van der Waals surface area contributed by atoms with E-state index >= 15 is 0 Å². The first-order valence-electron chi connectivity index (χ1n) is 9.24. The summed E-state index contributed by atoms with van der Waals surface area (Å²) in [6, 6.07) is 15.9. The highest BCUT2D eigenvalue weighted by Crippen LogP contribution is 2.29. The summed E-state index contributed by atoms with van der Waals surface area (Å²) in [5, 5.41) is 4.53. The molecule has 164 valence electrons. The van der Waals surface area contributed by atoms with Crippen molar-refractivity contribution in [3.63, 3.8) is 0 Å². The van der Waals surface area contributed by atoms with Gasteiger partial charge in [-0.3, -0.25) is 4.79 Å². The Morgan fingerprint density at radius 3 is 2.22 bits per heavy atom. The molecule has 0 fully saturated rings. The van der Waals surface area contributed by atoms with E-state index in [1.165, 1.54) is 31.5 Å². The molecular weight excluding hydrogens is 455 g/mol. The SMILES string of the molecule is COc1ccc(C(=O)N/N=C\c2ccc(OC(=O)c3ccc(Cl)c(Cl)c3)c(OC)c2)cc1. The largest absolute Gasteiger partial charge is 0.497 e. The Morgan fingerprint density at radius 2 is 1.56 bits per heavy atom. The van der Waals surface area contributed by atoms with Gasteiger partial charge in [-0.05, 0) is 66.2 Å². The Labute approximate surface area is 194 Å². The normalized spacial score (nSPS) is 10.6. The number of carbonyl (C=O) groups excluding carboxylic acids is 2.